The number of rotatable bonds is 3. The van der Waals surface area contributed by atoms with Gasteiger partial charge in [-0.15, -0.1) is 0 Å². The van der Waals surface area contributed by atoms with Gasteiger partial charge in [0.1, 0.15) is 23.5 Å². The molecule has 0 radical (unpaired) electrons. The van der Waals surface area contributed by atoms with Crippen LogP contribution in [-0.4, -0.2) is 33.4 Å². The van der Waals surface area contributed by atoms with Crippen molar-refractivity contribution in [2.75, 3.05) is 18.6 Å². The van der Waals surface area contributed by atoms with Crippen LogP contribution < -0.4 is 9.64 Å². The zero-order chi connectivity index (χ0) is 20.8. The summed E-state index contributed by atoms with van der Waals surface area (Å²) in [5.74, 6) is 0.968. The SMILES string of the molecule is CN(c1c(F)ccc2c1CCO2)c1ncc(-c2cc(C#N)nn2C)c2ccncc12. The monoisotopic (exact) mass is 400 g/mol. The number of hydrogen-bond donors (Lipinski definition) is 0. The zero-order valence-electron chi connectivity index (χ0n) is 16.4. The van der Waals surface area contributed by atoms with Gasteiger partial charge in [-0.3, -0.25) is 9.67 Å². The van der Waals surface area contributed by atoms with Gasteiger partial charge in [0.25, 0.3) is 0 Å². The van der Waals surface area contributed by atoms with Gasteiger partial charge in [-0.05, 0) is 23.6 Å². The zero-order valence-corrected chi connectivity index (χ0v) is 16.4. The van der Waals surface area contributed by atoms with E-state index >= 15 is 0 Å². The second-order valence-corrected chi connectivity index (χ2v) is 7.10. The summed E-state index contributed by atoms with van der Waals surface area (Å²) in [5, 5.41) is 15.0. The third-order valence-electron chi connectivity index (χ3n) is 5.39. The Hall–Kier alpha value is -3.99. The number of aryl methyl sites for hydroxylation is 1. The maximum absolute atomic E-state index is 14.8. The lowest BCUT2D eigenvalue weighted by Gasteiger charge is -2.23. The molecular weight excluding hydrogens is 383 g/mol. The Balaban J connectivity index is 1.71. The molecule has 0 saturated carbocycles. The first-order valence-electron chi connectivity index (χ1n) is 9.43. The summed E-state index contributed by atoms with van der Waals surface area (Å²) in [6, 6.07) is 8.76. The van der Waals surface area contributed by atoms with Crippen molar-refractivity contribution in [3.8, 4) is 23.1 Å². The molecule has 0 saturated heterocycles. The minimum absolute atomic E-state index is 0.324. The van der Waals surface area contributed by atoms with Crippen molar-refractivity contribution >= 4 is 22.3 Å². The number of aromatic nitrogens is 4. The quantitative estimate of drug-likeness (QED) is 0.521. The molecule has 0 aliphatic carbocycles. The molecule has 0 unspecified atom stereocenters. The maximum Gasteiger partial charge on any atom is 0.163 e. The van der Waals surface area contributed by atoms with Gasteiger partial charge in [-0.1, -0.05) is 0 Å². The number of fused-ring (bicyclic) bond motifs is 2. The van der Waals surface area contributed by atoms with Crippen LogP contribution in [-0.2, 0) is 13.5 Å². The van der Waals surface area contributed by atoms with Gasteiger partial charge in [0, 0.05) is 61.7 Å². The van der Waals surface area contributed by atoms with Crippen LogP contribution >= 0.6 is 0 Å². The number of pyridine rings is 2. The number of nitriles is 1. The molecule has 5 rings (SSSR count). The highest BCUT2D eigenvalue weighted by Gasteiger charge is 2.25. The minimum atomic E-state index is -0.324. The van der Waals surface area contributed by atoms with Crippen LogP contribution in [0, 0.1) is 17.1 Å². The summed E-state index contributed by atoms with van der Waals surface area (Å²) >= 11 is 0. The molecule has 3 aromatic heterocycles. The predicted molar refractivity (Wildman–Crippen MR) is 110 cm³/mol. The number of ether oxygens (including phenoxy) is 1. The highest BCUT2D eigenvalue weighted by atomic mass is 19.1. The Morgan fingerprint density at radius 1 is 1.23 bits per heavy atom. The van der Waals surface area contributed by atoms with Gasteiger partial charge in [-0.25, -0.2) is 9.37 Å². The van der Waals surface area contributed by atoms with Crippen LogP contribution in [0.2, 0.25) is 0 Å². The number of halogens is 1. The van der Waals surface area contributed by atoms with E-state index in [-0.39, 0.29) is 5.82 Å². The second-order valence-electron chi connectivity index (χ2n) is 7.10. The first kappa shape index (κ1) is 18.1. The lowest BCUT2D eigenvalue weighted by atomic mass is 10.0. The number of benzene rings is 1. The van der Waals surface area contributed by atoms with E-state index in [0.29, 0.717) is 36.0 Å². The van der Waals surface area contributed by atoms with Gasteiger partial charge in [0.05, 0.1) is 18.0 Å². The molecule has 1 aliphatic heterocycles. The van der Waals surface area contributed by atoms with Crippen molar-refractivity contribution in [1.29, 1.82) is 5.26 Å². The fourth-order valence-electron chi connectivity index (χ4n) is 4.02. The van der Waals surface area contributed by atoms with Crippen molar-refractivity contribution < 1.29 is 9.13 Å². The van der Waals surface area contributed by atoms with E-state index in [4.69, 9.17) is 4.74 Å². The largest absolute Gasteiger partial charge is 0.493 e. The normalized spacial score (nSPS) is 12.5. The van der Waals surface area contributed by atoms with E-state index < -0.39 is 0 Å². The highest BCUT2D eigenvalue weighted by molar-refractivity contribution is 6.02. The fourth-order valence-corrected chi connectivity index (χ4v) is 4.02. The Morgan fingerprint density at radius 2 is 2.10 bits per heavy atom. The Morgan fingerprint density at radius 3 is 2.90 bits per heavy atom. The van der Waals surface area contributed by atoms with E-state index in [0.717, 1.165) is 27.6 Å². The number of hydrogen-bond acceptors (Lipinski definition) is 6. The van der Waals surface area contributed by atoms with Crippen molar-refractivity contribution in [2.45, 2.75) is 6.42 Å². The fraction of sp³-hybridized carbons (Fsp3) is 0.182. The Labute approximate surface area is 172 Å². The van der Waals surface area contributed by atoms with Gasteiger partial charge in [0.15, 0.2) is 5.69 Å². The van der Waals surface area contributed by atoms with E-state index in [1.165, 1.54) is 6.07 Å². The summed E-state index contributed by atoms with van der Waals surface area (Å²) in [6.45, 7) is 0.538. The molecule has 0 atom stereocenters. The van der Waals surface area contributed by atoms with Gasteiger partial charge >= 0.3 is 0 Å². The number of anilines is 2. The summed E-state index contributed by atoms with van der Waals surface area (Å²) in [7, 11) is 3.58. The topological polar surface area (TPSA) is 79.9 Å². The van der Waals surface area contributed by atoms with E-state index in [1.54, 1.807) is 54.4 Å². The van der Waals surface area contributed by atoms with Gasteiger partial charge in [-0.2, -0.15) is 10.4 Å². The molecule has 0 N–H and O–H groups in total. The number of nitrogens with zero attached hydrogens (tertiary/aromatic N) is 6. The average molecular weight is 400 g/mol. The third kappa shape index (κ3) is 2.67. The van der Waals surface area contributed by atoms with Crippen LogP contribution in [0.1, 0.15) is 11.3 Å². The molecule has 30 heavy (non-hydrogen) atoms. The molecule has 7 nitrogen and oxygen atoms in total. The van der Waals surface area contributed by atoms with Crippen LogP contribution in [0.25, 0.3) is 22.0 Å². The molecule has 4 heterocycles. The smallest absolute Gasteiger partial charge is 0.163 e. The standard InChI is InChI=1S/C22H17FN6O/c1-28(21-15-6-8-30-20(15)4-3-18(21)23)22-17-11-25-7-5-14(17)16(12-26-22)19-9-13(10-24)27-29(19)2/h3-5,7,9,11-12H,6,8H2,1-2H3. The van der Waals surface area contributed by atoms with Crippen LogP contribution in [0.3, 0.4) is 0 Å². The summed E-state index contributed by atoms with van der Waals surface area (Å²) in [6.07, 6.45) is 5.79. The molecule has 0 fully saturated rings. The molecule has 8 heteroatoms. The Kier molecular flexibility index (Phi) is 4.10. The molecule has 0 amide bonds. The van der Waals surface area contributed by atoms with Gasteiger partial charge in [0.2, 0.25) is 0 Å². The molecule has 1 aliphatic rings. The van der Waals surface area contributed by atoms with Crippen LogP contribution in [0.15, 0.2) is 42.9 Å². The van der Waals surface area contributed by atoms with E-state index in [2.05, 4.69) is 21.1 Å². The minimum Gasteiger partial charge on any atom is -0.493 e. The second kappa shape index (κ2) is 6.81. The van der Waals surface area contributed by atoms with Crippen molar-refractivity contribution in [3.63, 3.8) is 0 Å². The lowest BCUT2D eigenvalue weighted by molar-refractivity contribution is 0.356. The maximum atomic E-state index is 14.8. The summed E-state index contributed by atoms with van der Waals surface area (Å²) in [5.41, 5.74) is 3.22. The molecule has 0 bridgehead atoms. The molecule has 4 aromatic rings. The third-order valence-corrected chi connectivity index (χ3v) is 5.39. The predicted octanol–water partition coefficient (Wildman–Crippen LogP) is 3.74. The average Bonchev–Trinajstić information content (AvgIpc) is 3.38. The van der Waals surface area contributed by atoms with E-state index in [9.17, 15) is 9.65 Å². The van der Waals surface area contributed by atoms with Crippen molar-refractivity contribution in [2.24, 2.45) is 7.05 Å². The summed E-state index contributed by atoms with van der Waals surface area (Å²) < 4.78 is 22.1. The van der Waals surface area contributed by atoms with Crippen LogP contribution in [0.5, 0.6) is 5.75 Å². The van der Waals surface area contributed by atoms with Crippen molar-refractivity contribution in [1.82, 2.24) is 19.7 Å². The van der Waals surface area contributed by atoms with Crippen molar-refractivity contribution in [3.05, 3.63) is 59.9 Å². The lowest BCUT2D eigenvalue weighted by Crippen LogP contribution is -2.15. The molecule has 1 aromatic carbocycles. The first-order chi connectivity index (χ1) is 14.6. The molecule has 0 spiro atoms. The van der Waals surface area contributed by atoms with Crippen LogP contribution in [0.4, 0.5) is 15.9 Å². The first-order valence-corrected chi connectivity index (χ1v) is 9.43. The molecular formula is C22H17FN6O. The van der Waals surface area contributed by atoms with E-state index in [1.807, 2.05) is 6.07 Å². The highest BCUT2D eigenvalue weighted by Crippen LogP contribution is 2.40. The Bertz CT molecular complexity index is 1340. The summed E-state index contributed by atoms with van der Waals surface area (Å²) in [4.78, 5) is 10.7. The van der Waals surface area contributed by atoms with Gasteiger partial charge < -0.3 is 9.64 Å². The molecule has 148 valence electrons.